The summed E-state index contributed by atoms with van der Waals surface area (Å²) in [6.07, 6.45) is 8.15. The summed E-state index contributed by atoms with van der Waals surface area (Å²) in [5.74, 6) is 0. The molecule has 3 heteroatoms. The van der Waals surface area contributed by atoms with Crippen molar-refractivity contribution in [3.05, 3.63) is 0 Å². The second-order valence-corrected chi connectivity index (χ2v) is 5.51. The molecule has 1 fully saturated rings. The van der Waals surface area contributed by atoms with Crippen LogP contribution in [0.3, 0.4) is 0 Å². The summed E-state index contributed by atoms with van der Waals surface area (Å²) in [6, 6.07) is 0.633. The fourth-order valence-corrected chi connectivity index (χ4v) is 2.73. The number of nitrogens with one attached hydrogen (secondary N) is 1. The highest BCUT2D eigenvalue weighted by Gasteiger charge is 2.23. The van der Waals surface area contributed by atoms with Crippen LogP contribution in [0.5, 0.6) is 0 Å². The molecule has 3 nitrogen and oxygen atoms in total. The summed E-state index contributed by atoms with van der Waals surface area (Å²) in [5.41, 5.74) is 0. The van der Waals surface area contributed by atoms with Crippen LogP contribution in [0.15, 0.2) is 0 Å². The van der Waals surface area contributed by atoms with Crippen molar-refractivity contribution >= 4 is 0 Å². The largest absolute Gasteiger partial charge is 0.381 e. The summed E-state index contributed by atoms with van der Waals surface area (Å²) in [6.45, 7) is 7.60. The standard InChI is InChI=1S/C15H31NO2/c1-5-13(6-2)16-11-12(3)18-15-9-7-8-14(10-15)17-4/h12-16H,5-11H2,1-4H3. The van der Waals surface area contributed by atoms with Gasteiger partial charge in [0.1, 0.15) is 0 Å². The van der Waals surface area contributed by atoms with Crippen LogP contribution < -0.4 is 5.32 Å². The molecule has 0 aromatic heterocycles. The van der Waals surface area contributed by atoms with Crippen molar-refractivity contribution in [1.82, 2.24) is 5.32 Å². The fourth-order valence-electron chi connectivity index (χ4n) is 2.73. The molecule has 0 aliphatic heterocycles. The van der Waals surface area contributed by atoms with Gasteiger partial charge >= 0.3 is 0 Å². The van der Waals surface area contributed by atoms with Gasteiger partial charge in [0.2, 0.25) is 0 Å². The van der Waals surface area contributed by atoms with Gasteiger partial charge in [-0.3, -0.25) is 0 Å². The maximum Gasteiger partial charge on any atom is 0.0675 e. The molecule has 1 N–H and O–H groups in total. The Morgan fingerprint density at radius 3 is 2.44 bits per heavy atom. The van der Waals surface area contributed by atoms with E-state index in [0.29, 0.717) is 24.4 Å². The Balaban J connectivity index is 2.20. The molecule has 0 spiro atoms. The Hall–Kier alpha value is -0.120. The molecule has 1 saturated carbocycles. The van der Waals surface area contributed by atoms with E-state index in [1.165, 1.54) is 32.1 Å². The molecule has 0 aromatic carbocycles. The van der Waals surface area contributed by atoms with Gasteiger partial charge in [-0.15, -0.1) is 0 Å². The van der Waals surface area contributed by atoms with Crippen molar-refractivity contribution in [2.75, 3.05) is 13.7 Å². The van der Waals surface area contributed by atoms with Crippen LogP contribution >= 0.6 is 0 Å². The van der Waals surface area contributed by atoms with Crippen molar-refractivity contribution in [3.8, 4) is 0 Å². The summed E-state index contributed by atoms with van der Waals surface area (Å²) in [5, 5.41) is 3.58. The lowest BCUT2D eigenvalue weighted by Gasteiger charge is -2.31. The first-order chi connectivity index (χ1) is 8.69. The molecule has 0 aromatic rings. The van der Waals surface area contributed by atoms with Gasteiger partial charge in [-0.05, 0) is 45.4 Å². The Morgan fingerprint density at radius 1 is 1.17 bits per heavy atom. The number of methoxy groups -OCH3 is 1. The van der Waals surface area contributed by atoms with Gasteiger partial charge in [0, 0.05) is 19.7 Å². The van der Waals surface area contributed by atoms with Gasteiger partial charge in [-0.25, -0.2) is 0 Å². The average Bonchev–Trinajstić information content (AvgIpc) is 2.40. The first-order valence-electron chi connectivity index (χ1n) is 7.61. The first kappa shape index (κ1) is 15.9. The van der Waals surface area contributed by atoms with Crippen LogP contribution in [0.1, 0.15) is 59.3 Å². The van der Waals surface area contributed by atoms with E-state index in [1.54, 1.807) is 0 Å². The lowest BCUT2D eigenvalue weighted by atomic mass is 9.95. The average molecular weight is 257 g/mol. The SMILES string of the molecule is CCC(CC)NCC(C)OC1CCCC(OC)C1. The maximum absolute atomic E-state index is 6.12. The highest BCUT2D eigenvalue weighted by molar-refractivity contribution is 4.75. The van der Waals surface area contributed by atoms with Crippen molar-refractivity contribution in [3.63, 3.8) is 0 Å². The second kappa shape index (κ2) is 8.89. The minimum absolute atomic E-state index is 0.297. The van der Waals surface area contributed by atoms with E-state index in [0.717, 1.165) is 13.0 Å². The molecule has 3 atom stereocenters. The summed E-state index contributed by atoms with van der Waals surface area (Å²) in [4.78, 5) is 0. The van der Waals surface area contributed by atoms with Gasteiger partial charge in [0.15, 0.2) is 0 Å². The molecule has 0 heterocycles. The zero-order valence-corrected chi connectivity index (χ0v) is 12.6. The Morgan fingerprint density at radius 2 is 1.83 bits per heavy atom. The van der Waals surface area contributed by atoms with Gasteiger partial charge in [0.25, 0.3) is 0 Å². The number of ether oxygens (including phenoxy) is 2. The van der Waals surface area contributed by atoms with Gasteiger partial charge < -0.3 is 14.8 Å². The molecule has 1 aliphatic carbocycles. The summed E-state index contributed by atoms with van der Waals surface area (Å²) in [7, 11) is 1.81. The van der Waals surface area contributed by atoms with E-state index in [2.05, 4.69) is 26.1 Å². The van der Waals surface area contributed by atoms with E-state index >= 15 is 0 Å². The van der Waals surface area contributed by atoms with Crippen LogP contribution in [-0.2, 0) is 9.47 Å². The Kier molecular flexibility index (Phi) is 7.87. The third-order valence-electron chi connectivity index (χ3n) is 4.02. The van der Waals surface area contributed by atoms with E-state index < -0.39 is 0 Å². The fraction of sp³-hybridized carbons (Fsp3) is 1.00. The zero-order chi connectivity index (χ0) is 13.4. The molecule has 108 valence electrons. The third kappa shape index (κ3) is 5.68. The van der Waals surface area contributed by atoms with Gasteiger partial charge in [-0.2, -0.15) is 0 Å². The van der Waals surface area contributed by atoms with Crippen LogP contribution in [0.2, 0.25) is 0 Å². The molecule has 0 radical (unpaired) electrons. The molecule has 1 rings (SSSR count). The molecule has 3 unspecified atom stereocenters. The van der Waals surface area contributed by atoms with E-state index in [-0.39, 0.29) is 0 Å². The quantitative estimate of drug-likeness (QED) is 0.724. The molecule has 0 bridgehead atoms. The summed E-state index contributed by atoms with van der Waals surface area (Å²) < 4.78 is 11.6. The summed E-state index contributed by atoms with van der Waals surface area (Å²) >= 11 is 0. The minimum Gasteiger partial charge on any atom is -0.381 e. The van der Waals surface area contributed by atoms with Crippen LogP contribution in [-0.4, -0.2) is 38.0 Å². The smallest absolute Gasteiger partial charge is 0.0675 e. The van der Waals surface area contributed by atoms with Crippen LogP contribution in [0.4, 0.5) is 0 Å². The normalized spacial score (nSPS) is 26.5. The molecule has 1 aliphatic rings. The van der Waals surface area contributed by atoms with Gasteiger partial charge in [0.05, 0.1) is 18.3 Å². The van der Waals surface area contributed by atoms with Crippen molar-refractivity contribution in [1.29, 1.82) is 0 Å². The molecule has 0 saturated heterocycles. The number of hydrogen-bond donors (Lipinski definition) is 1. The molecular weight excluding hydrogens is 226 g/mol. The van der Waals surface area contributed by atoms with Crippen molar-refractivity contribution in [2.45, 2.75) is 83.6 Å². The van der Waals surface area contributed by atoms with Gasteiger partial charge in [-0.1, -0.05) is 13.8 Å². The maximum atomic E-state index is 6.12. The molecule has 18 heavy (non-hydrogen) atoms. The van der Waals surface area contributed by atoms with Crippen molar-refractivity contribution < 1.29 is 9.47 Å². The van der Waals surface area contributed by atoms with Crippen molar-refractivity contribution in [2.24, 2.45) is 0 Å². The predicted molar refractivity (Wildman–Crippen MR) is 76.0 cm³/mol. The minimum atomic E-state index is 0.297. The number of rotatable bonds is 8. The van der Waals surface area contributed by atoms with Crippen LogP contribution in [0.25, 0.3) is 0 Å². The van der Waals surface area contributed by atoms with Crippen LogP contribution in [0, 0.1) is 0 Å². The topological polar surface area (TPSA) is 30.5 Å². The lowest BCUT2D eigenvalue weighted by molar-refractivity contribution is -0.0586. The van der Waals surface area contributed by atoms with E-state index in [1.807, 2.05) is 7.11 Å². The highest BCUT2D eigenvalue weighted by Crippen LogP contribution is 2.23. The number of hydrogen-bond acceptors (Lipinski definition) is 3. The second-order valence-electron chi connectivity index (χ2n) is 5.51. The highest BCUT2D eigenvalue weighted by atomic mass is 16.5. The Labute approximate surface area is 113 Å². The molecule has 0 amide bonds. The zero-order valence-electron chi connectivity index (χ0n) is 12.6. The lowest BCUT2D eigenvalue weighted by Crippen LogP contribution is -2.38. The monoisotopic (exact) mass is 257 g/mol. The third-order valence-corrected chi connectivity index (χ3v) is 4.02. The Bertz CT molecular complexity index is 207. The van der Waals surface area contributed by atoms with E-state index in [4.69, 9.17) is 9.47 Å². The first-order valence-corrected chi connectivity index (χ1v) is 7.61. The van der Waals surface area contributed by atoms with E-state index in [9.17, 15) is 0 Å². The predicted octanol–water partition coefficient (Wildman–Crippen LogP) is 3.13. The molecular formula is C15H31NO2.